The molecule has 0 fully saturated rings. The molecule has 0 spiro atoms. The average Bonchev–Trinajstić information content (AvgIpc) is 3.12. The van der Waals surface area contributed by atoms with Crippen molar-refractivity contribution in [2.45, 2.75) is 44.5 Å². The van der Waals surface area contributed by atoms with Gasteiger partial charge >= 0.3 is 0 Å². The SMILES string of the molecule is CCCNC(=O)C(C)Sc1nnc(-c2ccncc2)n1-c1ccc(C)c(C)c1. The van der Waals surface area contributed by atoms with Crippen LogP contribution in [0, 0.1) is 13.8 Å². The van der Waals surface area contributed by atoms with Gasteiger partial charge in [-0.05, 0) is 62.6 Å². The predicted molar refractivity (Wildman–Crippen MR) is 113 cm³/mol. The van der Waals surface area contributed by atoms with Crippen LogP contribution in [-0.4, -0.2) is 37.5 Å². The van der Waals surface area contributed by atoms with Crippen LogP contribution in [0.4, 0.5) is 0 Å². The van der Waals surface area contributed by atoms with E-state index < -0.39 is 0 Å². The van der Waals surface area contributed by atoms with Crippen LogP contribution >= 0.6 is 11.8 Å². The van der Waals surface area contributed by atoms with Crippen LogP contribution in [0.1, 0.15) is 31.4 Å². The maximum absolute atomic E-state index is 12.3. The molecule has 28 heavy (non-hydrogen) atoms. The van der Waals surface area contributed by atoms with Gasteiger partial charge in [0.2, 0.25) is 5.91 Å². The van der Waals surface area contributed by atoms with Gasteiger partial charge < -0.3 is 5.32 Å². The molecule has 0 radical (unpaired) electrons. The van der Waals surface area contributed by atoms with Crippen LogP contribution in [0.5, 0.6) is 0 Å². The Morgan fingerprint density at radius 3 is 2.57 bits per heavy atom. The summed E-state index contributed by atoms with van der Waals surface area (Å²) in [6, 6.07) is 10.1. The number of benzene rings is 1. The van der Waals surface area contributed by atoms with Gasteiger partial charge in [0.25, 0.3) is 0 Å². The first-order chi connectivity index (χ1) is 13.5. The molecule has 0 saturated heterocycles. The number of amides is 1. The van der Waals surface area contributed by atoms with Gasteiger partial charge in [-0.2, -0.15) is 0 Å². The van der Waals surface area contributed by atoms with Crippen molar-refractivity contribution in [3.8, 4) is 17.1 Å². The van der Waals surface area contributed by atoms with Crippen molar-refractivity contribution < 1.29 is 4.79 Å². The number of nitrogens with one attached hydrogen (secondary N) is 1. The average molecular weight is 396 g/mol. The number of carbonyl (C=O) groups excluding carboxylic acids is 1. The first-order valence-corrected chi connectivity index (χ1v) is 10.3. The molecule has 0 bridgehead atoms. The Kier molecular flexibility index (Phi) is 6.46. The number of hydrogen-bond acceptors (Lipinski definition) is 5. The minimum absolute atomic E-state index is 0.00643. The molecule has 1 aromatic carbocycles. The lowest BCUT2D eigenvalue weighted by atomic mass is 10.1. The zero-order chi connectivity index (χ0) is 20.1. The largest absolute Gasteiger partial charge is 0.355 e. The highest BCUT2D eigenvalue weighted by molar-refractivity contribution is 8.00. The molecule has 3 rings (SSSR count). The molecule has 6 nitrogen and oxygen atoms in total. The van der Waals surface area contributed by atoms with E-state index in [0.29, 0.717) is 11.7 Å². The van der Waals surface area contributed by atoms with Gasteiger partial charge in [0.05, 0.1) is 10.9 Å². The fourth-order valence-electron chi connectivity index (χ4n) is 2.74. The number of aryl methyl sites for hydroxylation is 2. The highest BCUT2D eigenvalue weighted by atomic mass is 32.2. The summed E-state index contributed by atoms with van der Waals surface area (Å²) in [5.41, 5.74) is 4.32. The lowest BCUT2D eigenvalue weighted by molar-refractivity contribution is -0.120. The molecule has 1 amide bonds. The van der Waals surface area contributed by atoms with Crippen LogP contribution in [0.25, 0.3) is 17.1 Å². The Labute approximate surface area is 169 Å². The van der Waals surface area contributed by atoms with E-state index in [0.717, 1.165) is 23.5 Å². The number of hydrogen-bond donors (Lipinski definition) is 1. The number of rotatable bonds is 7. The summed E-state index contributed by atoms with van der Waals surface area (Å²) in [4.78, 5) is 16.4. The van der Waals surface area contributed by atoms with E-state index in [-0.39, 0.29) is 11.2 Å². The second kappa shape index (κ2) is 9.01. The minimum Gasteiger partial charge on any atom is -0.355 e. The molecule has 0 saturated carbocycles. The zero-order valence-electron chi connectivity index (χ0n) is 16.6. The predicted octanol–water partition coefficient (Wildman–Crippen LogP) is 3.95. The van der Waals surface area contributed by atoms with Gasteiger partial charge in [-0.1, -0.05) is 24.8 Å². The molecule has 146 valence electrons. The Morgan fingerprint density at radius 2 is 1.89 bits per heavy atom. The Bertz CT molecular complexity index is 955. The summed E-state index contributed by atoms with van der Waals surface area (Å²) in [5, 5.41) is 12.2. The summed E-state index contributed by atoms with van der Waals surface area (Å²) < 4.78 is 2.01. The number of pyridine rings is 1. The van der Waals surface area contributed by atoms with Gasteiger partial charge in [-0.25, -0.2) is 0 Å². The summed E-state index contributed by atoms with van der Waals surface area (Å²) in [5.74, 6) is 0.737. The van der Waals surface area contributed by atoms with Crippen molar-refractivity contribution in [3.63, 3.8) is 0 Å². The molecule has 1 N–H and O–H groups in total. The topological polar surface area (TPSA) is 72.7 Å². The van der Waals surface area contributed by atoms with E-state index in [1.54, 1.807) is 12.4 Å². The van der Waals surface area contributed by atoms with Crippen molar-refractivity contribution in [1.82, 2.24) is 25.1 Å². The van der Waals surface area contributed by atoms with E-state index in [1.165, 1.54) is 22.9 Å². The minimum atomic E-state index is -0.272. The van der Waals surface area contributed by atoms with Crippen LogP contribution < -0.4 is 5.32 Å². The second-order valence-electron chi connectivity index (χ2n) is 6.70. The van der Waals surface area contributed by atoms with E-state index in [1.807, 2.05) is 30.5 Å². The summed E-state index contributed by atoms with van der Waals surface area (Å²) in [7, 11) is 0. The number of carbonyl (C=O) groups is 1. The van der Waals surface area contributed by atoms with Gasteiger partial charge in [-0.15, -0.1) is 10.2 Å². The molecule has 2 heterocycles. The van der Waals surface area contributed by atoms with Crippen LogP contribution in [-0.2, 0) is 4.79 Å². The van der Waals surface area contributed by atoms with Gasteiger partial charge in [0.15, 0.2) is 11.0 Å². The lowest BCUT2D eigenvalue weighted by Crippen LogP contribution is -2.31. The van der Waals surface area contributed by atoms with Crippen molar-refractivity contribution in [3.05, 3.63) is 53.9 Å². The number of aromatic nitrogens is 4. The standard InChI is InChI=1S/C21H25N5OS/c1-5-10-23-20(27)16(4)28-21-25-24-19(17-8-11-22-12-9-17)26(21)18-7-6-14(2)15(3)13-18/h6-9,11-13,16H,5,10H2,1-4H3,(H,23,27). The first-order valence-electron chi connectivity index (χ1n) is 9.39. The van der Waals surface area contributed by atoms with Gasteiger partial charge in [-0.3, -0.25) is 14.3 Å². The maximum Gasteiger partial charge on any atom is 0.233 e. The first kappa shape index (κ1) is 20.1. The third kappa shape index (κ3) is 4.42. The third-order valence-electron chi connectivity index (χ3n) is 4.52. The number of thioether (sulfide) groups is 1. The Morgan fingerprint density at radius 1 is 1.14 bits per heavy atom. The fraction of sp³-hybridized carbons (Fsp3) is 0.333. The summed E-state index contributed by atoms with van der Waals surface area (Å²) >= 11 is 1.41. The normalized spacial score (nSPS) is 12.0. The smallest absolute Gasteiger partial charge is 0.233 e. The molecule has 0 aliphatic heterocycles. The van der Waals surface area contributed by atoms with Crippen molar-refractivity contribution >= 4 is 17.7 Å². The monoisotopic (exact) mass is 395 g/mol. The highest BCUT2D eigenvalue weighted by Crippen LogP contribution is 2.30. The van der Waals surface area contributed by atoms with E-state index in [4.69, 9.17) is 0 Å². The van der Waals surface area contributed by atoms with Crippen molar-refractivity contribution in [2.75, 3.05) is 6.54 Å². The van der Waals surface area contributed by atoms with E-state index in [2.05, 4.69) is 52.5 Å². The van der Waals surface area contributed by atoms with Crippen LogP contribution in [0.3, 0.4) is 0 Å². The Balaban J connectivity index is 2.02. The van der Waals surface area contributed by atoms with Crippen molar-refractivity contribution in [2.24, 2.45) is 0 Å². The van der Waals surface area contributed by atoms with Crippen LogP contribution in [0.15, 0.2) is 47.9 Å². The number of nitrogens with zero attached hydrogens (tertiary/aromatic N) is 4. The molecule has 1 atom stereocenters. The lowest BCUT2D eigenvalue weighted by Gasteiger charge is -2.14. The highest BCUT2D eigenvalue weighted by Gasteiger charge is 2.21. The molecular formula is C21H25N5OS. The molecule has 0 aliphatic carbocycles. The molecular weight excluding hydrogens is 370 g/mol. The molecule has 2 aromatic heterocycles. The molecule has 3 aromatic rings. The molecule has 0 aliphatic rings. The second-order valence-corrected chi connectivity index (χ2v) is 8.01. The van der Waals surface area contributed by atoms with Crippen LogP contribution in [0.2, 0.25) is 0 Å². The van der Waals surface area contributed by atoms with Crippen molar-refractivity contribution in [1.29, 1.82) is 0 Å². The Hall–Kier alpha value is -2.67. The maximum atomic E-state index is 12.3. The fourth-order valence-corrected chi connectivity index (χ4v) is 3.63. The summed E-state index contributed by atoms with van der Waals surface area (Å²) in [6.45, 7) is 8.78. The van der Waals surface area contributed by atoms with E-state index in [9.17, 15) is 4.79 Å². The van der Waals surface area contributed by atoms with Gasteiger partial charge in [0.1, 0.15) is 0 Å². The molecule has 1 unspecified atom stereocenters. The summed E-state index contributed by atoms with van der Waals surface area (Å²) in [6.07, 6.45) is 4.39. The quantitative estimate of drug-likeness (QED) is 0.613. The zero-order valence-corrected chi connectivity index (χ0v) is 17.5. The molecule has 7 heteroatoms. The third-order valence-corrected chi connectivity index (χ3v) is 5.56. The van der Waals surface area contributed by atoms with E-state index >= 15 is 0 Å². The van der Waals surface area contributed by atoms with Gasteiger partial charge in [0, 0.05) is 24.5 Å².